The molecule has 4 saturated carbocycles. The summed E-state index contributed by atoms with van der Waals surface area (Å²) in [6, 6.07) is 18.4. The van der Waals surface area contributed by atoms with Gasteiger partial charge in [0.05, 0.1) is 12.9 Å². The van der Waals surface area contributed by atoms with Gasteiger partial charge in [0, 0.05) is 18.2 Å². The summed E-state index contributed by atoms with van der Waals surface area (Å²) in [7, 11) is 1.67. The summed E-state index contributed by atoms with van der Waals surface area (Å²) in [6.07, 6.45) is 8.79. The highest BCUT2D eigenvalue weighted by Gasteiger charge is 2.53. The topological polar surface area (TPSA) is 69.0 Å². The minimum atomic E-state index is 0.0903. The molecule has 0 spiro atoms. The van der Waals surface area contributed by atoms with E-state index in [1.165, 1.54) is 50.3 Å². The highest BCUT2D eigenvalue weighted by atomic mass is 32.2. The lowest BCUT2D eigenvalue weighted by atomic mass is 9.48. The van der Waals surface area contributed by atoms with Gasteiger partial charge in [0.1, 0.15) is 11.6 Å². The number of rotatable bonds is 9. The zero-order chi connectivity index (χ0) is 25.4. The molecule has 1 atom stereocenters. The van der Waals surface area contributed by atoms with E-state index in [1.807, 2.05) is 30.3 Å². The Balaban J connectivity index is 1.15. The smallest absolute Gasteiger partial charge is 0.230 e. The molecule has 37 heavy (non-hydrogen) atoms. The van der Waals surface area contributed by atoms with E-state index < -0.39 is 0 Å². The highest BCUT2D eigenvalue weighted by Crippen LogP contribution is 2.61. The molecule has 0 radical (unpaired) electrons. The molecule has 1 aromatic heterocycles. The summed E-state index contributed by atoms with van der Waals surface area (Å²) < 4.78 is 7.37. The number of methoxy groups -OCH3 is 1. The van der Waals surface area contributed by atoms with Crippen molar-refractivity contribution in [2.45, 2.75) is 63.1 Å². The second-order valence-corrected chi connectivity index (χ2v) is 12.4. The molecule has 1 heterocycles. The molecule has 6 nitrogen and oxygen atoms in total. The number of ether oxygens (including phenoxy) is 1. The first kappa shape index (κ1) is 24.5. The first-order valence-electron chi connectivity index (χ1n) is 13.6. The number of amides is 1. The minimum Gasteiger partial charge on any atom is -0.497 e. The van der Waals surface area contributed by atoms with Crippen molar-refractivity contribution in [3.05, 3.63) is 66.0 Å². The molecule has 4 aliphatic rings. The molecule has 1 amide bonds. The molecular formula is C30H36N4O2S. The van der Waals surface area contributed by atoms with Gasteiger partial charge in [-0.25, -0.2) is 0 Å². The second kappa shape index (κ2) is 10.2. The zero-order valence-corrected chi connectivity index (χ0v) is 22.5. The number of hydrogen-bond acceptors (Lipinski definition) is 5. The van der Waals surface area contributed by atoms with Crippen LogP contribution in [0.1, 0.15) is 56.8 Å². The van der Waals surface area contributed by atoms with Crippen molar-refractivity contribution >= 4 is 17.7 Å². The third kappa shape index (κ3) is 5.02. The molecule has 4 bridgehead atoms. The molecule has 3 aromatic rings. The number of carbonyl (C=O) groups is 1. The van der Waals surface area contributed by atoms with Crippen LogP contribution < -0.4 is 10.1 Å². The van der Waals surface area contributed by atoms with Gasteiger partial charge in [-0.15, -0.1) is 10.2 Å². The lowest BCUT2D eigenvalue weighted by molar-refractivity contribution is -0.123. The van der Waals surface area contributed by atoms with E-state index in [0.717, 1.165) is 45.7 Å². The van der Waals surface area contributed by atoms with Gasteiger partial charge in [0.25, 0.3) is 0 Å². The first-order chi connectivity index (χ1) is 18.0. The average molecular weight is 517 g/mol. The van der Waals surface area contributed by atoms with E-state index in [0.29, 0.717) is 17.6 Å². The molecule has 0 aliphatic heterocycles. The maximum Gasteiger partial charge on any atom is 0.230 e. The third-order valence-electron chi connectivity index (χ3n) is 8.95. The normalized spacial score (nSPS) is 26.7. The maximum absolute atomic E-state index is 13.1. The lowest BCUT2D eigenvalue weighted by Gasteiger charge is -2.59. The summed E-state index contributed by atoms with van der Waals surface area (Å²) in [4.78, 5) is 13.1. The van der Waals surface area contributed by atoms with Gasteiger partial charge in [-0.1, -0.05) is 42.1 Å². The molecular weight excluding hydrogens is 480 g/mol. The molecule has 7 heteroatoms. The first-order valence-corrected chi connectivity index (χ1v) is 14.5. The predicted molar refractivity (Wildman–Crippen MR) is 146 cm³/mol. The fourth-order valence-electron chi connectivity index (χ4n) is 7.54. The van der Waals surface area contributed by atoms with E-state index in [4.69, 9.17) is 4.74 Å². The molecule has 194 valence electrons. The number of thioether (sulfide) groups is 1. The van der Waals surface area contributed by atoms with Gasteiger partial charge in [0.2, 0.25) is 5.91 Å². The van der Waals surface area contributed by atoms with Crippen molar-refractivity contribution in [3.8, 4) is 11.4 Å². The van der Waals surface area contributed by atoms with E-state index in [1.54, 1.807) is 7.11 Å². The van der Waals surface area contributed by atoms with Gasteiger partial charge >= 0.3 is 0 Å². The quantitative estimate of drug-likeness (QED) is 0.371. The van der Waals surface area contributed by atoms with Crippen LogP contribution in [0.3, 0.4) is 0 Å². The second-order valence-electron chi connectivity index (χ2n) is 11.5. The SMILES string of the molecule is COc1ccc(Cc2nnc(SCC(=O)NC(C)C34CC5CC(CC(C5)C3)C4)n2-c2ccccc2)cc1. The van der Waals surface area contributed by atoms with E-state index in [9.17, 15) is 4.79 Å². The Bertz CT molecular complexity index is 1200. The van der Waals surface area contributed by atoms with Gasteiger partial charge in [-0.2, -0.15) is 0 Å². The van der Waals surface area contributed by atoms with Gasteiger partial charge < -0.3 is 10.1 Å². The summed E-state index contributed by atoms with van der Waals surface area (Å²) in [5.74, 6) is 4.76. The van der Waals surface area contributed by atoms with Crippen LogP contribution in [-0.2, 0) is 11.2 Å². The van der Waals surface area contributed by atoms with Crippen LogP contribution in [0.25, 0.3) is 5.69 Å². The van der Waals surface area contributed by atoms with Crippen LogP contribution in [0.4, 0.5) is 0 Å². The number of benzene rings is 2. The average Bonchev–Trinajstić information content (AvgIpc) is 3.30. The monoisotopic (exact) mass is 516 g/mol. The highest BCUT2D eigenvalue weighted by molar-refractivity contribution is 7.99. The fourth-order valence-corrected chi connectivity index (χ4v) is 8.33. The maximum atomic E-state index is 13.1. The summed E-state index contributed by atoms with van der Waals surface area (Å²) in [5.41, 5.74) is 2.44. The van der Waals surface area contributed by atoms with Crippen LogP contribution in [0.15, 0.2) is 59.8 Å². The largest absolute Gasteiger partial charge is 0.497 e. The Morgan fingerprint density at radius 3 is 2.30 bits per heavy atom. The van der Waals surface area contributed by atoms with Crippen LogP contribution in [-0.4, -0.2) is 39.6 Å². The molecule has 1 unspecified atom stereocenters. The van der Waals surface area contributed by atoms with Crippen molar-refractivity contribution in [1.29, 1.82) is 0 Å². The van der Waals surface area contributed by atoms with Crippen molar-refractivity contribution in [2.75, 3.05) is 12.9 Å². The standard InChI is InChI=1S/C30H36N4O2S/c1-20(30-16-22-12-23(17-30)14-24(13-22)18-30)31-28(35)19-37-29-33-32-27(34(29)25-6-4-3-5-7-25)15-21-8-10-26(36-2)11-9-21/h3-11,20,22-24H,12-19H2,1-2H3,(H,31,35). The number of aromatic nitrogens is 3. The number of nitrogens with one attached hydrogen (secondary N) is 1. The van der Waals surface area contributed by atoms with Gasteiger partial charge in [-0.05, 0) is 98.4 Å². The molecule has 2 aromatic carbocycles. The summed E-state index contributed by atoms with van der Waals surface area (Å²) >= 11 is 1.46. The van der Waals surface area contributed by atoms with Crippen LogP contribution in [0.5, 0.6) is 5.75 Å². The third-order valence-corrected chi connectivity index (χ3v) is 9.88. The molecule has 7 rings (SSSR count). The van der Waals surface area contributed by atoms with E-state index >= 15 is 0 Å². The summed E-state index contributed by atoms with van der Waals surface area (Å²) in [6.45, 7) is 2.25. The number of para-hydroxylation sites is 1. The Morgan fingerprint density at radius 1 is 1.03 bits per heavy atom. The van der Waals surface area contributed by atoms with Crippen LogP contribution >= 0.6 is 11.8 Å². The molecule has 1 N–H and O–H groups in total. The van der Waals surface area contributed by atoms with Crippen molar-refractivity contribution in [2.24, 2.45) is 23.2 Å². The predicted octanol–water partition coefficient (Wildman–Crippen LogP) is 5.68. The van der Waals surface area contributed by atoms with Crippen molar-refractivity contribution in [3.63, 3.8) is 0 Å². The Hall–Kier alpha value is -2.80. The fraction of sp³-hybridized carbons (Fsp3) is 0.500. The minimum absolute atomic E-state index is 0.0903. The van der Waals surface area contributed by atoms with Crippen LogP contribution in [0.2, 0.25) is 0 Å². The van der Waals surface area contributed by atoms with E-state index in [2.05, 4.69) is 51.3 Å². The Morgan fingerprint density at radius 2 is 1.68 bits per heavy atom. The molecule has 4 fully saturated rings. The Labute approximate surface area is 223 Å². The summed E-state index contributed by atoms with van der Waals surface area (Å²) in [5, 5.41) is 13.2. The molecule has 0 saturated heterocycles. The van der Waals surface area contributed by atoms with Crippen LogP contribution in [0, 0.1) is 23.2 Å². The van der Waals surface area contributed by atoms with Crippen molar-refractivity contribution in [1.82, 2.24) is 20.1 Å². The number of carbonyl (C=O) groups excluding carboxylic acids is 1. The lowest BCUT2D eigenvalue weighted by Crippen LogP contribution is -2.56. The van der Waals surface area contributed by atoms with Crippen molar-refractivity contribution < 1.29 is 9.53 Å². The van der Waals surface area contributed by atoms with E-state index in [-0.39, 0.29) is 11.9 Å². The molecule has 4 aliphatic carbocycles. The van der Waals surface area contributed by atoms with Gasteiger partial charge in [0.15, 0.2) is 5.16 Å². The number of nitrogens with zero attached hydrogens (tertiary/aromatic N) is 3. The zero-order valence-electron chi connectivity index (χ0n) is 21.7. The number of hydrogen-bond donors (Lipinski definition) is 1. The van der Waals surface area contributed by atoms with Gasteiger partial charge in [-0.3, -0.25) is 9.36 Å². The Kier molecular flexibility index (Phi) is 6.74.